The Balaban J connectivity index is 1.32. The summed E-state index contributed by atoms with van der Waals surface area (Å²) in [5, 5.41) is 14.3. The van der Waals surface area contributed by atoms with E-state index in [-0.39, 0.29) is 5.56 Å². The van der Waals surface area contributed by atoms with Crippen LogP contribution in [0.4, 0.5) is 9.52 Å². The second-order valence-corrected chi connectivity index (χ2v) is 8.66. The molecule has 8 nitrogen and oxygen atoms in total. The van der Waals surface area contributed by atoms with Gasteiger partial charge in [0.25, 0.3) is 5.91 Å². The van der Waals surface area contributed by atoms with Gasteiger partial charge in [-0.3, -0.25) is 15.1 Å². The molecule has 35 heavy (non-hydrogen) atoms. The zero-order valence-corrected chi connectivity index (χ0v) is 18.9. The summed E-state index contributed by atoms with van der Waals surface area (Å²) in [6, 6.07) is 17.9. The van der Waals surface area contributed by atoms with Gasteiger partial charge in [0.2, 0.25) is 0 Å². The first kappa shape index (κ1) is 21.0. The van der Waals surface area contributed by atoms with Gasteiger partial charge in [-0.2, -0.15) is 0 Å². The maximum absolute atomic E-state index is 14.8. The van der Waals surface area contributed by atoms with E-state index >= 15 is 0 Å². The molecule has 0 saturated carbocycles. The number of fused-ring (bicyclic) bond motifs is 2. The molecule has 0 fully saturated rings. The number of carbonyl (C=O) groups is 1. The molecule has 4 heterocycles. The standard InChI is InChI=1S/C25H16FN7OS/c26-19-13-16(6-7-18(19)24(34)30-25-28-11-12-35-25)20-8-9-21-23(29-20)33(32-31-21)14-17-4-1-3-15-5-2-10-27-22(15)17/h1-13H,14H2,(H,28,30,34). The van der Waals surface area contributed by atoms with Gasteiger partial charge in [0.05, 0.1) is 23.3 Å². The molecule has 0 aliphatic carbocycles. The Morgan fingerprint density at radius 3 is 2.80 bits per heavy atom. The molecule has 0 radical (unpaired) electrons. The van der Waals surface area contributed by atoms with E-state index in [9.17, 15) is 9.18 Å². The third kappa shape index (κ3) is 4.00. The molecule has 6 rings (SSSR count). The van der Waals surface area contributed by atoms with Crippen LogP contribution in [-0.4, -0.2) is 35.9 Å². The predicted octanol–water partition coefficient (Wildman–Crippen LogP) is 4.94. The fraction of sp³-hybridized carbons (Fsp3) is 0.0400. The van der Waals surface area contributed by atoms with Gasteiger partial charge < -0.3 is 0 Å². The number of thiazole rings is 1. The van der Waals surface area contributed by atoms with Gasteiger partial charge in [-0.25, -0.2) is 19.0 Å². The Kier molecular flexibility index (Phi) is 5.19. The minimum Gasteiger partial charge on any atom is -0.298 e. The molecule has 0 spiro atoms. The first-order chi connectivity index (χ1) is 17.2. The predicted molar refractivity (Wildman–Crippen MR) is 132 cm³/mol. The van der Waals surface area contributed by atoms with Crippen molar-refractivity contribution in [1.82, 2.24) is 29.9 Å². The third-order valence-corrected chi connectivity index (χ3v) is 6.25. The summed E-state index contributed by atoms with van der Waals surface area (Å²) in [4.78, 5) is 25.6. The zero-order valence-electron chi connectivity index (χ0n) is 18.1. The van der Waals surface area contributed by atoms with Gasteiger partial charge in [-0.05, 0) is 35.9 Å². The van der Waals surface area contributed by atoms with Crippen molar-refractivity contribution in [2.75, 3.05) is 5.32 Å². The topological polar surface area (TPSA) is 98.5 Å². The summed E-state index contributed by atoms with van der Waals surface area (Å²) in [5.41, 5.74) is 4.09. The van der Waals surface area contributed by atoms with Gasteiger partial charge in [0.1, 0.15) is 11.3 Å². The second-order valence-electron chi connectivity index (χ2n) is 7.76. The molecule has 10 heteroatoms. The molecule has 170 valence electrons. The molecule has 1 amide bonds. The lowest BCUT2D eigenvalue weighted by atomic mass is 10.1. The van der Waals surface area contributed by atoms with E-state index in [4.69, 9.17) is 4.98 Å². The molecule has 4 aromatic heterocycles. The monoisotopic (exact) mass is 481 g/mol. The van der Waals surface area contributed by atoms with Crippen molar-refractivity contribution in [2.24, 2.45) is 0 Å². The van der Waals surface area contributed by atoms with E-state index in [0.29, 0.717) is 34.1 Å². The molecule has 0 aliphatic rings. The summed E-state index contributed by atoms with van der Waals surface area (Å²) in [5.74, 6) is -1.20. The molecule has 2 aromatic carbocycles. The molecule has 1 N–H and O–H groups in total. The van der Waals surface area contributed by atoms with Crippen LogP contribution < -0.4 is 5.32 Å². The highest BCUT2D eigenvalue weighted by Gasteiger charge is 2.16. The summed E-state index contributed by atoms with van der Waals surface area (Å²) in [6.07, 6.45) is 3.33. The summed E-state index contributed by atoms with van der Waals surface area (Å²) in [6.45, 7) is 0.436. The quantitative estimate of drug-likeness (QED) is 0.375. The number of anilines is 1. The highest BCUT2D eigenvalue weighted by atomic mass is 32.1. The molecular weight excluding hydrogens is 465 g/mol. The number of aromatic nitrogens is 6. The average molecular weight is 482 g/mol. The van der Waals surface area contributed by atoms with Crippen LogP contribution in [0.5, 0.6) is 0 Å². The smallest absolute Gasteiger partial charge is 0.260 e. The molecular formula is C25H16FN7OS. The molecule has 0 saturated heterocycles. The van der Waals surface area contributed by atoms with Crippen molar-refractivity contribution >= 4 is 44.4 Å². The number of nitrogens with one attached hydrogen (secondary N) is 1. The Hall–Kier alpha value is -4.57. The van der Waals surface area contributed by atoms with Gasteiger partial charge in [0.15, 0.2) is 10.8 Å². The highest BCUT2D eigenvalue weighted by Crippen LogP contribution is 2.24. The van der Waals surface area contributed by atoms with Crippen LogP contribution in [0.3, 0.4) is 0 Å². The minimum atomic E-state index is -0.646. The lowest BCUT2D eigenvalue weighted by Gasteiger charge is -2.08. The Bertz CT molecular complexity index is 1690. The fourth-order valence-electron chi connectivity index (χ4n) is 3.89. The van der Waals surface area contributed by atoms with Gasteiger partial charge in [0, 0.05) is 28.7 Å². The molecule has 0 unspecified atom stereocenters. The van der Waals surface area contributed by atoms with Crippen LogP contribution in [0.1, 0.15) is 15.9 Å². The number of para-hydroxylation sites is 1. The molecule has 6 aromatic rings. The van der Waals surface area contributed by atoms with Crippen molar-refractivity contribution in [3.05, 3.63) is 95.4 Å². The number of halogens is 1. The number of nitrogens with zero attached hydrogens (tertiary/aromatic N) is 6. The summed E-state index contributed by atoms with van der Waals surface area (Å²) >= 11 is 1.26. The van der Waals surface area contributed by atoms with E-state index in [1.54, 1.807) is 40.7 Å². The highest BCUT2D eigenvalue weighted by molar-refractivity contribution is 7.13. The van der Waals surface area contributed by atoms with Crippen molar-refractivity contribution < 1.29 is 9.18 Å². The van der Waals surface area contributed by atoms with E-state index in [2.05, 4.69) is 25.6 Å². The van der Waals surface area contributed by atoms with Crippen molar-refractivity contribution in [3.63, 3.8) is 0 Å². The maximum Gasteiger partial charge on any atom is 0.260 e. The third-order valence-electron chi connectivity index (χ3n) is 5.56. The van der Waals surface area contributed by atoms with Crippen LogP contribution in [0.15, 0.2) is 78.4 Å². The van der Waals surface area contributed by atoms with E-state index in [1.807, 2.05) is 30.3 Å². The maximum atomic E-state index is 14.8. The Morgan fingerprint density at radius 1 is 1.03 bits per heavy atom. The first-order valence-corrected chi connectivity index (χ1v) is 11.6. The number of hydrogen-bond donors (Lipinski definition) is 1. The van der Waals surface area contributed by atoms with Crippen molar-refractivity contribution in [1.29, 1.82) is 0 Å². The van der Waals surface area contributed by atoms with Crippen LogP contribution >= 0.6 is 11.3 Å². The van der Waals surface area contributed by atoms with Crippen molar-refractivity contribution in [2.45, 2.75) is 6.54 Å². The lowest BCUT2D eigenvalue weighted by Crippen LogP contribution is -2.13. The summed E-state index contributed by atoms with van der Waals surface area (Å²) < 4.78 is 16.5. The number of benzene rings is 2. The molecule has 0 aliphatic heterocycles. The average Bonchev–Trinajstić information content (AvgIpc) is 3.54. The minimum absolute atomic E-state index is 0.0693. The summed E-state index contributed by atoms with van der Waals surface area (Å²) in [7, 11) is 0. The molecule has 0 bridgehead atoms. The zero-order chi connectivity index (χ0) is 23.8. The van der Waals surface area contributed by atoms with Gasteiger partial charge in [-0.1, -0.05) is 35.5 Å². The Morgan fingerprint density at radius 2 is 1.94 bits per heavy atom. The number of carbonyl (C=O) groups excluding carboxylic acids is 1. The van der Waals surface area contributed by atoms with Gasteiger partial charge in [-0.15, -0.1) is 16.4 Å². The first-order valence-electron chi connectivity index (χ1n) is 10.7. The SMILES string of the molecule is O=C(Nc1nccs1)c1ccc(-c2ccc3nnn(Cc4cccc5cccnc45)c3n2)cc1F. The fourth-order valence-corrected chi connectivity index (χ4v) is 4.41. The largest absolute Gasteiger partial charge is 0.298 e. The van der Waals surface area contributed by atoms with Crippen molar-refractivity contribution in [3.8, 4) is 11.3 Å². The normalized spacial score (nSPS) is 11.2. The van der Waals surface area contributed by atoms with Crippen LogP contribution in [0, 0.1) is 5.82 Å². The lowest BCUT2D eigenvalue weighted by molar-refractivity contribution is 0.102. The van der Waals surface area contributed by atoms with Crippen LogP contribution in [0.2, 0.25) is 0 Å². The Labute approximate surface area is 202 Å². The number of amides is 1. The van der Waals surface area contributed by atoms with E-state index < -0.39 is 11.7 Å². The molecule has 0 atom stereocenters. The van der Waals surface area contributed by atoms with Crippen LogP contribution in [-0.2, 0) is 6.54 Å². The van der Waals surface area contributed by atoms with Crippen LogP contribution in [0.25, 0.3) is 33.3 Å². The van der Waals surface area contributed by atoms with E-state index in [0.717, 1.165) is 16.5 Å². The number of pyridine rings is 2. The second kappa shape index (κ2) is 8.65. The number of hydrogen-bond acceptors (Lipinski definition) is 7. The number of rotatable bonds is 5. The van der Waals surface area contributed by atoms with Gasteiger partial charge >= 0.3 is 0 Å². The van der Waals surface area contributed by atoms with E-state index in [1.165, 1.54) is 23.5 Å².